The van der Waals surface area contributed by atoms with Gasteiger partial charge in [-0.15, -0.1) is 0 Å². The van der Waals surface area contributed by atoms with Gasteiger partial charge in [-0.1, -0.05) is 38.1 Å². The zero-order valence-corrected chi connectivity index (χ0v) is 22.5. The zero-order valence-electron chi connectivity index (χ0n) is 18.8. The molecule has 0 heterocycles. The van der Waals surface area contributed by atoms with Gasteiger partial charge in [0.2, 0.25) is 10.0 Å². The molecule has 0 bridgehead atoms. The fourth-order valence-corrected chi connectivity index (χ4v) is 5.35. The molecule has 0 saturated heterocycles. The summed E-state index contributed by atoms with van der Waals surface area (Å²) in [6.45, 7) is 4.23. The van der Waals surface area contributed by atoms with Crippen molar-refractivity contribution in [3.05, 3.63) is 71.5 Å². The van der Waals surface area contributed by atoms with Gasteiger partial charge in [0.25, 0.3) is 0 Å². The summed E-state index contributed by atoms with van der Waals surface area (Å²) >= 11 is 0. The fraction of sp³-hybridized carbons (Fsp3) is 0.304. The number of hydrogen-bond acceptors (Lipinski definition) is 5. The van der Waals surface area contributed by atoms with E-state index in [-0.39, 0.29) is 51.8 Å². The van der Waals surface area contributed by atoms with E-state index in [2.05, 4.69) is 4.72 Å². The van der Waals surface area contributed by atoms with Crippen LogP contribution in [-0.2, 0) is 26.6 Å². The quantitative estimate of drug-likeness (QED) is 0.270. The Kier molecular flexibility index (Phi) is 9.64. The molecule has 0 saturated carbocycles. The minimum absolute atomic E-state index is 0. The first-order valence-corrected chi connectivity index (χ1v) is 13.1. The van der Waals surface area contributed by atoms with E-state index in [1.54, 1.807) is 6.07 Å². The molecule has 6 nitrogen and oxygen atoms in total. The zero-order chi connectivity index (χ0) is 23.5. The number of rotatable bonds is 9. The molecule has 172 valence electrons. The van der Waals surface area contributed by atoms with Gasteiger partial charge in [0.05, 0.1) is 9.79 Å². The fourth-order valence-electron chi connectivity index (χ4n) is 3.55. The molecule has 0 atom stereocenters. The van der Waals surface area contributed by atoms with Crippen LogP contribution in [0, 0.1) is 5.82 Å². The molecule has 1 aromatic rings. The van der Waals surface area contributed by atoms with E-state index in [1.807, 2.05) is 32.0 Å². The number of aryl methyl sites for hydroxylation is 1. The topological polar surface area (TPSA) is 103 Å². The van der Waals surface area contributed by atoms with E-state index in [9.17, 15) is 25.8 Å². The Hall–Kier alpha value is -1.33. The molecule has 0 aliphatic heterocycles. The Labute approximate surface area is 217 Å². The van der Waals surface area contributed by atoms with Crippen LogP contribution in [0.3, 0.4) is 0 Å². The number of sulfonamides is 1. The van der Waals surface area contributed by atoms with Gasteiger partial charge < -0.3 is 4.55 Å². The van der Waals surface area contributed by atoms with Crippen molar-refractivity contribution in [1.82, 2.24) is 4.72 Å². The van der Waals surface area contributed by atoms with Crippen LogP contribution in [0.5, 0.6) is 0 Å². The summed E-state index contributed by atoms with van der Waals surface area (Å²) in [6.07, 6.45) is 1.58. The van der Waals surface area contributed by atoms with Crippen LogP contribution in [0.1, 0.15) is 43.7 Å². The largest absolute Gasteiger partial charge is 1.00 e. The standard InChI is InChI=1S/C23H26FNO5S2.Na/c1-16(2)17-6-12-21-18(15-23(32(28,29)30)22(21)13-7-17)5-3-4-14-25-31(26,27)20-10-8-19(24)9-11-20;/h6-13,15-16,25H,3-5,14H2,1-2H3,(H,28,29,30);/q;+1/p-1. The van der Waals surface area contributed by atoms with Crippen molar-refractivity contribution >= 4 is 20.1 Å². The molecule has 2 aliphatic rings. The molecule has 0 radical (unpaired) electrons. The third-order valence-corrected chi connectivity index (χ3v) is 7.67. The summed E-state index contributed by atoms with van der Waals surface area (Å²) in [4.78, 5) is -0.245. The molecule has 3 rings (SSSR count). The smallest absolute Gasteiger partial charge is 0.744 e. The first-order chi connectivity index (χ1) is 15.0. The third-order valence-electron chi connectivity index (χ3n) is 5.32. The number of fused-ring (bicyclic) bond motifs is 1. The van der Waals surface area contributed by atoms with Crippen molar-refractivity contribution in [3.8, 4) is 11.1 Å². The van der Waals surface area contributed by atoms with E-state index in [4.69, 9.17) is 0 Å². The Morgan fingerprint density at radius 2 is 1.52 bits per heavy atom. The molecule has 0 unspecified atom stereocenters. The van der Waals surface area contributed by atoms with Crippen molar-refractivity contribution < 1.29 is 55.3 Å². The molecule has 0 spiro atoms. The summed E-state index contributed by atoms with van der Waals surface area (Å²) < 4.78 is 75.3. The Bertz CT molecular complexity index is 1280. The molecule has 33 heavy (non-hydrogen) atoms. The van der Waals surface area contributed by atoms with Crippen molar-refractivity contribution in [2.75, 3.05) is 6.54 Å². The van der Waals surface area contributed by atoms with E-state index >= 15 is 0 Å². The Morgan fingerprint density at radius 1 is 0.909 bits per heavy atom. The molecular weight excluding hydrogens is 476 g/mol. The van der Waals surface area contributed by atoms with E-state index in [0.29, 0.717) is 30.4 Å². The Morgan fingerprint density at radius 3 is 2.09 bits per heavy atom. The SMILES string of the molecule is CC(C)c1ccc2c(CCCCNS(=O)(=O)c3ccc(F)cc3)cc(S(=O)(=O)[O-])c-2cc1.[Na+]. The van der Waals surface area contributed by atoms with E-state index in [0.717, 1.165) is 23.3 Å². The second kappa shape index (κ2) is 11.4. The molecule has 2 aliphatic carbocycles. The predicted molar refractivity (Wildman–Crippen MR) is 120 cm³/mol. The molecule has 1 N–H and O–H groups in total. The average molecular weight is 502 g/mol. The maximum atomic E-state index is 13.0. The van der Waals surface area contributed by atoms with Gasteiger partial charge in [0, 0.05) is 6.54 Å². The van der Waals surface area contributed by atoms with E-state index in [1.165, 1.54) is 18.2 Å². The number of hydrogen-bond donors (Lipinski definition) is 1. The van der Waals surface area contributed by atoms with Gasteiger partial charge in [-0.25, -0.2) is 25.9 Å². The van der Waals surface area contributed by atoms with Crippen LogP contribution in [0.15, 0.2) is 64.4 Å². The van der Waals surface area contributed by atoms with Gasteiger partial charge in [0.1, 0.15) is 15.9 Å². The van der Waals surface area contributed by atoms with Crippen LogP contribution in [0.2, 0.25) is 0 Å². The van der Waals surface area contributed by atoms with Gasteiger partial charge in [-0.3, -0.25) is 0 Å². The molecule has 0 amide bonds. The van der Waals surface area contributed by atoms with E-state index < -0.39 is 26.0 Å². The van der Waals surface area contributed by atoms with Crippen LogP contribution in [0.4, 0.5) is 4.39 Å². The molecule has 0 aromatic heterocycles. The normalized spacial score (nSPS) is 12.2. The summed E-state index contributed by atoms with van der Waals surface area (Å²) in [6, 6.07) is 13.3. The first kappa shape index (κ1) is 27.9. The van der Waals surface area contributed by atoms with Gasteiger partial charge >= 0.3 is 29.6 Å². The number of nitrogens with one attached hydrogen (secondary N) is 1. The summed E-state index contributed by atoms with van der Waals surface area (Å²) in [5, 5.41) is 0. The maximum absolute atomic E-state index is 13.0. The molecule has 10 heteroatoms. The maximum Gasteiger partial charge on any atom is 1.00 e. The summed E-state index contributed by atoms with van der Waals surface area (Å²) in [7, 11) is -8.36. The van der Waals surface area contributed by atoms with Gasteiger partial charge in [-0.05, 0) is 77.8 Å². The average Bonchev–Trinajstić information content (AvgIpc) is 2.91. The van der Waals surface area contributed by atoms with Crippen molar-refractivity contribution in [1.29, 1.82) is 0 Å². The second-order valence-corrected chi connectivity index (χ2v) is 11.1. The van der Waals surface area contributed by atoms with Gasteiger partial charge in [0.15, 0.2) is 0 Å². The first-order valence-electron chi connectivity index (χ1n) is 10.3. The summed E-state index contributed by atoms with van der Waals surface area (Å²) in [5.74, 6) is -0.268. The third kappa shape index (κ3) is 7.08. The molecular formula is C23H25FNNaO5S2. The predicted octanol–water partition coefficient (Wildman–Crippen LogP) is 1.26. The van der Waals surface area contributed by atoms with Crippen LogP contribution >= 0.6 is 0 Å². The van der Waals surface area contributed by atoms with Crippen molar-refractivity contribution in [2.45, 2.75) is 48.8 Å². The minimum atomic E-state index is -4.63. The molecule has 1 aromatic carbocycles. The van der Waals surface area contributed by atoms with Crippen molar-refractivity contribution in [2.24, 2.45) is 0 Å². The number of halogens is 1. The van der Waals surface area contributed by atoms with Crippen LogP contribution < -0.4 is 34.3 Å². The number of benzene rings is 1. The number of unbranched alkanes of at least 4 members (excludes halogenated alkanes) is 1. The second-order valence-electron chi connectivity index (χ2n) is 7.95. The van der Waals surface area contributed by atoms with Crippen LogP contribution in [0.25, 0.3) is 11.1 Å². The Balaban J connectivity index is 0.00000385. The van der Waals surface area contributed by atoms with Gasteiger partial charge in [-0.2, -0.15) is 0 Å². The monoisotopic (exact) mass is 501 g/mol. The summed E-state index contributed by atoms with van der Waals surface area (Å²) in [5.41, 5.74) is 2.87. The minimum Gasteiger partial charge on any atom is -0.744 e. The van der Waals surface area contributed by atoms with Crippen molar-refractivity contribution in [3.63, 3.8) is 0 Å². The molecule has 0 fully saturated rings. The van der Waals surface area contributed by atoms with Crippen LogP contribution in [-0.4, -0.2) is 27.9 Å².